The molecule has 5 heteroatoms. The Morgan fingerprint density at radius 3 is 2.75 bits per heavy atom. The van der Waals surface area contributed by atoms with E-state index in [0.717, 1.165) is 6.42 Å². The van der Waals surface area contributed by atoms with Gasteiger partial charge in [-0.3, -0.25) is 4.68 Å². The highest BCUT2D eigenvalue weighted by Gasteiger charge is 2.08. The molecule has 0 saturated heterocycles. The van der Waals surface area contributed by atoms with Crippen LogP contribution in [-0.2, 0) is 13.0 Å². The molecule has 0 bridgehead atoms. The highest BCUT2D eigenvalue weighted by atomic mass is 16.4. The van der Waals surface area contributed by atoms with E-state index in [0.29, 0.717) is 6.54 Å². The zero-order valence-electron chi connectivity index (χ0n) is 10.7. The van der Waals surface area contributed by atoms with Crippen molar-refractivity contribution in [3.05, 3.63) is 59.9 Å². The van der Waals surface area contributed by atoms with E-state index in [1.807, 2.05) is 18.2 Å². The summed E-state index contributed by atoms with van der Waals surface area (Å²) >= 11 is 0. The van der Waals surface area contributed by atoms with E-state index in [9.17, 15) is 4.79 Å². The molecule has 0 radical (unpaired) electrons. The molecule has 20 heavy (non-hydrogen) atoms. The van der Waals surface area contributed by atoms with Crippen LogP contribution in [0.5, 0.6) is 0 Å². The number of carbonyl (C=O) groups is 1. The van der Waals surface area contributed by atoms with E-state index in [4.69, 9.17) is 5.11 Å². The Hall–Kier alpha value is -2.69. The molecule has 0 fully saturated rings. The summed E-state index contributed by atoms with van der Waals surface area (Å²) in [6, 6.07) is 14.4. The Balaban J connectivity index is 1.81. The van der Waals surface area contributed by atoms with Crippen LogP contribution in [0.3, 0.4) is 0 Å². The molecule has 1 N–H and O–H groups in total. The van der Waals surface area contributed by atoms with E-state index >= 15 is 0 Å². The number of aryl methyl sites for hydroxylation is 2. The van der Waals surface area contributed by atoms with Gasteiger partial charge in [-0.2, -0.15) is 0 Å². The lowest BCUT2D eigenvalue weighted by molar-refractivity contribution is 0.0690. The van der Waals surface area contributed by atoms with Gasteiger partial charge in [-0.25, -0.2) is 4.79 Å². The standard InChI is InChI=1S/C15H13N3O2/c19-15(20)14-10-18(17-16-14)9-8-12-6-3-5-11-4-1-2-7-13(11)12/h1-7,10H,8-9H2,(H,19,20). The lowest BCUT2D eigenvalue weighted by Crippen LogP contribution is -2.02. The summed E-state index contributed by atoms with van der Waals surface area (Å²) in [5.41, 5.74) is 1.19. The van der Waals surface area contributed by atoms with Crippen LogP contribution in [0.4, 0.5) is 0 Å². The smallest absolute Gasteiger partial charge is 0.358 e. The van der Waals surface area contributed by atoms with E-state index in [2.05, 4.69) is 34.6 Å². The average molecular weight is 267 g/mol. The molecule has 2 aromatic carbocycles. The SMILES string of the molecule is O=C(O)c1cn(CCc2cccc3ccccc23)nn1. The van der Waals surface area contributed by atoms with Crippen LogP contribution in [-0.4, -0.2) is 26.1 Å². The number of carboxylic acids is 1. The summed E-state index contributed by atoms with van der Waals surface area (Å²) in [6.07, 6.45) is 2.23. The summed E-state index contributed by atoms with van der Waals surface area (Å²) in [7, 11) is 0. The largest absolute Gasteiger partial charge is 0.476 e. The molecular weight excluding hydrogens is 254 g/mol. The van der Waals surface area contributed by atoms with Crippen molar-refractivity contribution in [2.75, 3.05) is 0 Å². The lowest BCUT2D eigenvalue weighted by atomic mass is 10.0. The number of aromatic nitrogens is 3. The Bertz CT molecular complexity index is 759. The fourth-order valence-corrected chi connectivity index (χ4v) is 2.25. The van der Waals surface area contributed by atoms with Crippen molar-refractivity contribution in [1.82, 2.24) is 15.0 Å². The number of rotatable bonds is 4. The first kappa shape index (κ1) is 12.3. The number of fused-ring (bicyclic) bond motifs is 1. The van der Waals surface area contributed by atoms with Crippen LogP contribution >= 0.6 is 0 Å². The molecule has 0 spiro atoms. The van der Waals surface area contributed by atoms with Crippen LogP contribution < -0.4 is 0 Å². The first-order chi connectivity index (χ1) is 9.74. The second kappa shape index (κ2) is 5.13. The van der Waals surface area contributed by atoms with Crippen molar-refractivity contribution >= 4 is 16.7 Å². The minimum Gasteiger partial charge on any atom is -0.476 e. The first-order valence-corrected chi connectivity index (χ1v) is 6.34. The van der Waals surface area contributed by atoms with Crippen LogP contribution in [0.1, 0.15) is 16.1 Å². The van der Waals surface area contributed by atoms with Gasteiger partial charge >= 0.3 is 5.97 Å². The van der Waals surface area contributed by atoms with E-state index < -0.39 is 5.97 Å². The third kappa shape index (κ3) is 2.38. The monoisotopic (exact) mass is 267 g/mol. The van der Waals surface area contributed by atoms with Gasteiger partial charge in [0.2, 0.25) is 0 Å². The molecule has 0 unspecified atom stereocenters. The number of hydrogen-bond acceptors (Lipinski definition) is 3. The molecule has 5 nitrogen and oxygen atoms in total. The summed E-state index contributed by atoms with van der Waals surface area (Å²) in [4.78, 5) is 10.7. The molecule has 0 saturated carbocycles. The minimum atomic E-state index is -1.05. The van der Waals surface area contributed by atoms with Gasteiger partial charge in [0.1, 0.15) is 0 Å². The lowest BCUT2D eigenvalue weighted by Gasteiger charge is -2.06. The van der Waals surface area contributed by atoms with Crippen molar-refractivity contribution in [3.63, 3.8) is 0 Å². The number of carboxylic acid groups (broad SMARTS) is 1. The molecular formula is C15H13N3O2. The van der Waals surface area contributed by atoms with Gasteiger partial charge in [0, 0.05) is 6.54 Å². The summed E-state index contributed by atoms with van der Waals surface area (Å²) in [5.74, 6) is -1.05. The van der Waals surface area contributed by atoms with Crippen LogP contribution in [0.2, 0.25) is 0 Å². The fourth-order valence-electron chi connectivity index (χ4n) is 2.25. The number of aromatic carboxylic acids is 1. The minimum absolute atomic E-state index is 0.0251. The third-order valence-corrected chi connectivity index (χ3v) is 3.25. The number of hydrogen-bond donors (Lipinski definition) is 1. The van der Waals surface area contributed by atoms with Crippen molar-refractivity contribution in [1.29, 1.82) is 0 Å². The van der Waals surface area contributed by atoms with Gasteiger partial charge in [-0.1, -0.05) is 47.7 Å². The Morgan fingerprint density at radius 1 is 1.15 bits per heavy atom. The molecule has 0 aliphatic carbocycles. The van der Waals surface area contributed by atoms with Crippen LogP contribution in [0.15, 0.2) is 48.7 Å². The maximum absolute atomic E-state index is 10.7. The summed E-state index contributed by atoms with van der Waals surface area (Å²) in [6.45, 7) is 0.605. The fraction of sp³-hybridized carbons (Fsp3) is 0.133. The Kier molecular flexibility index (Phi) is 3.16. The van der Waals surface area contributed by atoms with Crippen molar-refractivity contribution < 1.29 is 9.90 Å². The molecule has 3 aromatic rings. The van der Waals surface area contributed by atoms with E-state index in [1.165, 1.54) is 22.5 Å². The average Bonchev–Trinajstić information content (AvgIpc) is 2.94. The number of nitrogens with zero attached hydrogens (tertiary/aromatic N) is 3. The van der Waals surface area contributed by atoms with Gasteiger partial charge in [0.25, 0.3) is 0 Å². The molecule has 0 aliphatic heterocycles. The van der Waals surface area contributed by atoms with Gasteiger partial charge in [0.05, 0.1) is 6.20 Å². The van der Waals surface area contributed by atoms with Gasteiger partial charge in [-0.05, 0) is 22.8 Å². The molecule has 100 valence electrons. The second-order valence-electron chi connectivity index (χ2n) is 4.56. The summed E-state index contributed by atoms with van der Waals surface area (Å²) in [5, 5.41) is 18.7. The highest BCUT2D eigenvalue weighted by Crippen LogP contribution is 2.19. The molecule has 0 aliphatic rings. The first-order valence-electron chi connectivity index (χ1n) is 6.34. The van der Waals surface area contributed by atoms with Gasteiger partial charge in [0.15, 0.2) is 5.69 Å². The zero-order valence-corrected chi connectivity index (χ0v) is 10.7. The molecule has 0 amide bonds. The van der Waals surface area contributed by atoms with Crippen LogP contribution in [0.25, 0.3) is 10.8 Å². The van der Waals surface area contributed by atoms with Gasteiger partial charge < -0.3 is 5.11 Å². The molecule has 0 atom stereocenters. The molecule has 1 heterocycles. The predicted octanol–water partition coefficient (Wildman–Crippen LogP) is 2.37. The molecule has 3 rings (SSSR count). The quantitative estimate of drug-likeness (QED) is 0.788. The Morgan fingerprint density at radius 2 is 1.95 bits per heavy atom. The molecule has 1 aromatic heterocycles. The third-order valence-electron chi connectivity index (χ3n) is 3.25. The zero-order chi connectivity index (χ0) is 13.9. The van der Waals surface area contributed by atoms with Crippen LogP contribution in [0, 0.1) is 0 Å². The van der Waals surface area contributed by atoms with Gasteiger partial charge in [-0.15, -0.1) is 5.10 Å². The highest BCUT2D eigenvalue weighted by molar-refractivity contribution is 5.85. The van der Waals surface area contributed by atoms with Crippen molar-refractivity contribution in [2.45, 2.75) is 13.0 Å². The maximum atomic E-state index is 10.7. The predicted molar refractivity (Wildman–Crippen MR) is 74.6 cm³/mol. The van der Waals surface area contributed by atoms with Crippen molar-refractivity contribution in [3.8, 4) is 0 Å². The second-order valence-corrected chi connectivity index (χ2v) is 4.56. The number of benzene rings is 2. The van der Waals surface area contributed by atoms with Crippen molar-refractivity contribution in [2.24, 2.45) is 0 Å². The topological polar surface area (TPSA) is 68.0 Å². The van der Waals surface area contributed by atoms with E-state index in [1.54, 1.807) is 4.68 Å². The summed E-state index contributed by atoms with van der Waals surface area (Å²) < 4.78 is 1.56. The normalized spacial score (nSPS) is 10.8. The van der Waals surface area contributed by atoms with E-state index in [-0.39, 0.29) is 5.69 Å². The maximum Gasteiger partial charge on any atom is 0.358 e. The Labute approximate surface area is 115 Å².